The maximum absolute atomic E-state index is 4.74. The van der Waals surface area contributed by atoms with Crippen molar-refractivity contribution in [1.82, 2.24) is 5.32 Å². The lowest BCUT2D eigenvalue weighted by molar-refractivity contribution is 0.473. The first-order valence-corrected chi connectivity index (χ1v) is 9.01. The topological polar surface area (TPSA) is 36.4 Å². The van der Waals surface area contributed by atoms with Crippen molar-refractivity contribution in [3.05, 3.63) is 101 Å². The molecule has 0 saturated heterocycles. The standard InChI is InChI=1S/C21H18BrN3/c22-18-11-13-19(14-12-18)24-21(17-9-5-2-6-10-17)15-23-20(25-21)16-7-3-1-4-8-16/h1-15,20,24-25H. The number of anilines is 1. The monoisotopic (exact) mass is 391 g/mol. The molecule has 1 aliphatic heterocycles. The quantitative estimate of drug-likeness (QED) is 0.649. The second-order valence-corrected chi connectivity index (χ2v) is 6.96. The molecule has 0 bridgehead atoms. The number of nitrogens with one attached hydrogen (secondary N) is 2. The van der Waals surface area contributed by atoms with Crippen LogP contribution in [0.1, 0.15) is 17.3 Å². The molecule has 0 amide bonds. The van der Waals surface area contributed by atoms with E-state index in [-0.39, 0.29) is 6.17 Å². The van der Waals surface area contributed by atoms with Gasteiger partial charge in [0.25, 0.3) is 0 Å². The molecule has 2 unspecified atom stereocenters. The third kappa shape index (κ3) is 3.36. The van der Waals surface area contributed by atoms with E-state index in [1.54, 1.807) is 0 Å². The third-order valence-corrected chi connectivity index (χ3v) is 4.84. The molecule has 2 N–H and O–H groups in total. The first kappa shape index (κ1) is 16.1. The number of aliphatic imine (C=N–C) groups is 1. The molecule has 4 heteroatoms. The molecule has 1 aliphatic rings. The molecule has 0 spiro atoms. The summed E-state index contributed by atoms with van der Waals surface area (Å²) in [7, 11) is 0. The van der Waals surface area contributed by atoms with Gasteiger partial charge in [0.15, 0.2) is 5.66 Å². The van der Waals surface area contributed by atoms with Gasteiger partial charge >= 0.3 is 0 Å². The average Bonchev–Trinajstić information content (AvgIpc) is 3.11. The molecule has 3 aromatic rings. The van der Waals surface area contributed by atoms with Crippen LogP contribution in [0.3, 0.4) is 0 Å². The molecular weight excluding hydrogens is 374 g/mol. The van der Waals surface area contributed by atoms with Crippen molar-refractivity contribution in [2.45, 2.75) is 11.8 Å². The minimum absolute atomic E-state index is 0.0793. The van der Waals surface area contributed by atoms with E-state index >= 15 is 0 Å². The lowest BCUT2D eigenvalue weighted by Gasteiger charge is -2.31. The Hall–Kier alpha value is -2.43. The molecule has 0 fully saturated rings. The molecule has 3 aromatic carbocycles. The summed E-state index contributed by atoms with van der Waals surface area (Å²) in [5, 5.41) is 7.27. The van der Waals surface area contributed by atoms with Crippen LogP contribution in [0.15, 0.2) is 94.4 Å². The Labute approximate surface area is 155 Å². The van der Waals surface area contributed by atoms with Crippen LogP contribution >= 0.6 is 15.9 Å². The maximum Gasteiger partial charge on any atom is 0.153 e. The van der Waals surface area contributed by atoms with Crippen molar-refractivity contribution in [1.29, 1.82) is 0 Å². The van der Waals surface area contributed by atoms with E-state index in [9.17, 15) is 0 Å². The van der Waals surface area contributed by atoms with Gasteiger partial charge in [-0.2, -0.15) is 0 Å². The van der Waals surface area contributed by atoms with Gasteiger partial charge in [0.05, 0.1) is 0 Å². The molecule has 0 aliphatic carbocycles. The molecule has 3 nitrogen and oxygen atoms in total. The number of rotatable bonds is 4. The number of benzene rings is 3. The van der Waals surface area contributed by atoms with E-state index in [1.807, 2.05) is 54.7 Å². The smallest absolute Gasteiger partial charge is 0.153 e. The Balaban J connectivity index is 1.69. The predicted molar refractivity (Wildman–Crippen MR) is 107 cm³/mol. The third-order valence-electron chi connectivity index (χ3n) is 4.31. The molecule has 0 aromatic heterocycles. The summed E-state index contributed by atoms with van der Waals surface area (Å²) in [5.41, 5.74) is 2.75. The second-order valence-electron chi connectivity index (χ2n) is 6.04. The highest BCUT2D eigenvalue weighted by Crippen LogP contribution is 2.32. The van der Waals surface area contributed by atoms with Gasteiger partial charge in [0, 0.05) is 16.4 Å². The van der Waals surface area contributed by atoms with Crippen LogP contribution in [-0.2, 0) is 5.66 Å². The van der Waals surface area contributed by atoms with Crippen LogP contribution in [0.25, 0.3) is 0 Å². The van der Waals surface area contributed by atoms with Crippen molar-refractivity contribution < 1.29 is 0 Å². The highest BCUT2D eigenvalue weighted by Gasteiger charge is 2.37. The second kappa shape index (κ2) is 6.82. The zero-order valence-corrected chi connectivity index (χ0v) is 15.1. The Morgan fingerprint density at radius 1 is 0.840 bits per heavy atom. The molecular formula is C21H18BrN3. The summed E-state index contributed by atoms with van der Waals surface area (Å²) in [5.74, 6) is 0. The highest BCUT2D eigenvalue weighted by atomic mass is 79.9. The molecule has 0 saturated carbocycles. The fourth-order valence-corrected chi connectivity index (χ4v) is 3.31. The normalized spacial score (nSPS) is 22.0. The average molecular weight is 392 g/mol. The largest absolute Gasteiger partial charge is 0.359 e. The lowest BCUT2D eigenvalue weighted by atomic mass is 10.00. The van der Waals surface area contributed by atoms with Crippen molar-refractivity contribution in [3.63, 3.8) is 0 Å². The number of halogens is 1. The van der Waals surface area contributed by atoms with Crippen LogP contribution < -0.4 is 10.6 Å². The minimum Gasteiger partial charge on any atom is -0.359 e. The van der Waals surface area contributed by atoms with E-state index in [0.717, 1.165) is 21.3 Å². The van der Waals surface area contributed by atoms with Crippen molar-refractivity contribution in [2.24, 2.45) is 4.99 Å². The van der Waals surface area contributed by atoms with E-state index in [0.29, 0.717) is 0 Å². The first-order valence-electron chi connectivity index (χ1n) is 8.21. The molecule has 124 valence electrons. The van der Waals surface area contributed by atoms with Gasteiger partial charge in [-0.05, 0) is 35.4 Å². The van der Waals surface area contributed by atoms with Crippen molar-refractivity contribution in [2.75, 3.05) is 5.32 Å². The van der Waals surface area contributed by atoms with Crippen LogP contribution in [0.4, 0.5) is 5.69 Å². The van der Waals surface area contributed by atoms with Crippen molar-refractivity contribution in [3.8, 4) is 0 Å². The van der Waals surface area contributed by atoms with Gasteiger partial charge in [-0.3, -0.25) is 10.3 Å². The fraction of sp³-hybridized carbons (Fsp3) is 0.0952. The van der Waals surface area contributed by atoms with Gasteiger partial charge in [0.1, 0.15) is 6.17 Å². The van der Waals surface area contributed by atoms with E-state index in [4.69, 9.17) is 4.99 Å². The van der Waals surface area contributed by atoms with Gasteiger partial charge in [-0.1, -0.05) is 76.6 Å². The fourth-order valence-electron chi connectivity index (χ4n) is 3.04. The van der Waals surface area contributed by atoms with Gasteiger partial charge in [-0.15, -0.1) is 0 Å². The Kier molecular flexibility index (Phi) is 4.38. The maximum atomic E-state index is 4.74. The van der Waals surface area contributed by atoms with Crippen LogP contribution in [0, 0.1) is 0 Å². The van der Waals surface area contributed by atoms with Gasteiger partial charge < -0.3 is 5.32 Å². The van der Waals surface area contributed by atoms with E-state index in [1.165, 1.54) is 0 Å². The molecule has 2 atom stereocenters. The van der Waals surface area contributed by atoms with Crippen molar-refractivity contribution >= 4 is 27.8 Å². The predicted octanol–water partition coefficient (Wildman–Crippen LogP) is 5.09. The van der Waals surface area contributed by atoms with Crippen LogP contribution in [0.2, 0.25) is 0 Å². The minimum atomic E-state index is -0.546. The highest BCUT2D eigenvalue weighted by molar-refractivity contribution is 9.10. The number of hydrogen-bond donors (Lipinski definition) is 2. The molecule has 25 heavy (non-hydrogen) atoms. The Morgan fingerprint density at radius 2 is 1.48 bits per heavy atom. The molecule has 4 rings (SSSR count). The van der Waals surface area contributed by atoms with E-state index in [2.05, 4.69) is 63.0 Å². The lowest BCUT2D eigenvalue weighted by Crippen LogP contribution is -2.47. The van der Waals surface area contributed by atoms with Gasteiger partial charge in [0.2, 0.25) is 0 Å². The summed E-state index contributed by atoms with van der Waals surface area (Å²) in [6.07, 6.45) is 1.89. The first-order chi connectivity index (χ1) is 12.3. The summed E-state index contributed by atoms with van der Waals surface area (Å²) in [6.45, 7) is 0. The number of nitrogens with zero attached hydrogens (tertiary/aromatic N) is 1. The Morgan fingerprint density at radius 3 is 2.16 bits per heavy atom. The SMILES string of the molecule is Brc1ccc(NC2(c3ccccc3)C=NC(c3ccccc3)N2)cc1. The molecule has 1 heterocycles. The summed E-state index contributed by atoms with van der Waals surface area (Å²) < 4.78 is 1.06. The van der Waals surface area contributed by atoms with Crippen LogP contribution in [-0.4, -0.2) is 6.21 Å². The Bertz CT molecular complexity index is 863. The summed E-state index contributed by atoms with van der Waals surface area (Å²) in [4.78, 5) is 4.74. The number of hydrogen-bond acceptors (Lipinski definition) is 3. The van der Waals surface area contributed by atoms with Crippen LogP contribution in [0.5, 0.6) is 0 Å². The van der Waals surface area contributed by atoms with Gasteiger partial charge in [-0.25, -0.2) is 0 Å². The summed E-state index contributed by atoms with van der Waals surface area (Å²) >= 11 is 3.49. The zero-order valence-electron chi connectivity index (χ0n) is 13.6. The summed E-state index contributed by atoms with van der Waals surface area (Å²) in [6, 6.07) is 28.8. The zero-order chi connectivity index (χ0) is 17.1. The van der Waals surface area contributed by atoms with E-state index < -0.39 is 5.66 Å². The molecule has 0 radical (unpaired) electrons.